The topological polar surface area (TPSA) is 49.3 Å². The van der Waals surface area contributed by atoms with Gasteiger partial charge in [0.25, 0.3) is 5.91 Å². The van der Waals surface area contributed by atoms with Crippen LogP contribution in [0.3, 0.4) is 0 Å². The van der Waals surface area contributed by atoms with Crippen molar-refractivity contribution >= 4 is 5.91 Å². The monoisotopic (exact) mass is 207 g/mol. The molecule has 1 atom stereocenters. The summed E-state index contributed by atoms with van der Waals surface area (Å²) in [5, 5.41) is 11.7. The first-order chi connectivity index (χ1) is 7.17. The molecule has 0 aliphatic heterocycles. The zero-order valence-electron chi connectivity index (χ0n) is 9.16. The van der Waals surface area contributed by atoms with Crippen molar-refractivity contribution in [2.75, 3.05) is 6.61 Å². The molecule has 0 saturated heterocycles. The van der Waals surface area contributed by atoms with Crippen molar-refractivity contribution in [1.82, 2.24) is 5.32 Å². The molecule has 2 N–H and O–H groups in total. The van der Waals surface area contributed by atoms with Crippen molar-refractivity contribution < 1.29 is 9.90 Å². The SMILES string of the molecule is CC[C@@H](CO)NC(=O)c1cccc(C)c1. The molecule has 0 aliphatic carbocycles. The Kier molecular flexibility index (Phi) is 4.31. The van der Waals surface area contributed by atoms with Gasteiger partial charge in [-0.1, -0.05) is 24.6 Å². The van der Waals surface area contributed by atoms with E-state index in [0.29, 0.717) is 5.56 Å². The van der Waals surface area contributed by atoms with Crippen molar-refractivity contribution in [3.63, 3.8) is 0 Å². The van der Waals surface area contributed by atoms with Crippen LogP contribution in [0, 0.1) is 6.92 Å². The highest BCUT2D eigenvalue weighted by atomic mass is 16.3. The van der Waals surface area contributed by atoms with Crippen molar-refractivity contribution in [3.05, 3.63) is 35.4 Å². The number of rotatable bonds is 4. The number of aliphatic hydroxyl groups excluding tert-OH is 1. The maximum absolute atomic E-state index is 11.7. The first-order valence-electron chi connectivity index (χ1n) is 5.15. The van der Waals surface area contributed by atoms with Gasteiger partial charge in [0.1, 0.15) is 0 Å². The number of benzene rings is 1. The third-order valence-electron chi connectivity index (χ3n) is 2.33. The van der Waals surface area contributed by atoms with E-state index in [-0.39, 0.29) is 18.6 Å². The Hall–Kier alpha value is -1.35. The molecule has 3 nitrogen and oxygen atoms in total. The van der Waals surface area contributed by atoms with E-state index in [0.717, 1.165) is 12.0 Å². The molecule has 1 aromatic carbocycles. The van der Waals surface area contributed by atoms with Crippen LogP contribution in [0.25, 0.3) is 0 Å². The van der Waals surface area contributed by atoms with E-state index in [1.54, 1.807) is 6.07 Å². The highest BCUT2D eigenvalue weighted by molar-refractivity contribution is 5.94. The lowest BCUT2D eigenvalue weighted by atomic mass is 10.1. The molecule has 0 saturated carbocycles. The second kappa shape index (κ2) is 5.51. The Labute approximate surface area is 90.1 Å². The first-order valence-corrected chi connectivity index (χ1v) is 5.15. The fourth-order valence-electron chi connectivity index (χ4n) is 1.33. The normalized spacial score (nSPS) is 12.2. The summed E-state index contributed by atoms with van der Waals surface area (Å²) in [4.78, 5) is 11.7. The second-order valence-electron chi connectivity index (χ2n) is 3.63. The van der Waals surface area contributed by atoms with Gasteiger partial charge in [-0.3, -0.25) is 4.79 Å². The minimum Gasteiger partial charge on any atom is -0.394 e. The number of carbonyl (C=O) groups is 1. The maximum atomic E-state index is 11.7. The molecular weight excluding hydrogens is 190 g/mol. The van der Waals surface area contributed by atoms with E-state index in [1.165, 1.54) is 0 Å². The Morgan fingerprint density at radius 2 is 2.27 bits per heavy atom. The molecule has 0 aromatic heterocycles. The molecule has 0 aliphatic rings. The predicted molar refractivity (Wildman–Crippen MR) is 59.8 cm³/mol. The van der Waals surface area contributed by atoms with Crippen LogP contribution in [0.5, 0.6) is 0 Å². The fraction of sp³-hybridized carbons (Fsp3) is 0.417. The summed E-state index contributed by atoms with van der Waals surface area (Å²) in [6.45, 7) is 3.85. The number of carbonyl (C=O) groups excluding carboxylic acids is 1. The van der Waals surface area contributed by atoms with Crippen LogP contribution in [0.4, 0.5) is 0 Å². The van der Waals surface area contributed by atoms with Crippen LogP contribution in [-0.2, 0) is 0 Å². The molecule has 1 aromatic rings. The maximum Gasteiger partial charge on any atom is 0.251 e. The summed E-state index contributed by atoms with van der Waals surface area (Å²) in [6.07, 6.45) is 0.730. The van der Waals surface area contributed by atoms with Gasteiger partial charge >= 0.3 is 0 Å². The van der Waals surface area contributed by atoms with E-state index < -0.39 is 0 Å². The standard InChI is InChI=1S/C12H17NO2/c1-3-11(8-14)13-12(15)10-6-4-5-9(2)7-10/h4-7,11,14H,3,8H2,1-2H3,(H,13,15)/t11-/m0/s1. The highest BCUT2D eigenvalue weighted by Gasteiger charge is 2.10. The molecule has 1 rings (SSSR count). The molecule has 0 unspecified atom stereocenters. The van der Waals surface area contributed by atoms with Gasteiger partial charge in [0.05, 0.1) is 12.6 Å². The molecule has 0 radical (unpaired) electrons. The van der Waals surface area contributed by atoms with Gasteiger partial charge in [0, 0.05) is 5.56 Å². The van der Waals surface area contributed by atoms with E-state index >= 15 is 0 Å². The number of nitrogens with one attached hydrogen (secondary N) is 1. The zero-order chi connectivity index (χ0) is 11.3. The number of hydrogen-bond acceptors (Lipinski definition) is 2. The third-order valence-corrected chi connectivity index (χ3v) is 2.33. The van der Waals surface area contributed by atoms with Crippen LogP contribution in [0.2, 0.25) is 0 Å². The molecule has 0 heterocycles. The highest BCUT2D eigenvalue weighted by Crippen LogP contribution is 2.04. The third kappa shape index (κ3) is 3.36. The van der Waals surface area contributed by atoms with Crippen molar-refractivity contribution in [3.8, 4) is 0 Å². The van der Waals surface area contributed by atoms with Crippen LogP contribution in [0.1, 0.15) is 29.3 Å². The fourth-order valence-corrected chi connectivity index (χ4v) is 1.33. The smallest absolute Gasteiger partial charge is 0.251 e. The summed E-state index contributed by atoms with van der Waals surface area (Å²) in [5.74, 6) is -0.125. The average molecular weight is 207 g/mol. The summed E-state index contributed by atoms with van der Waals surface area (Å²) in [7, 11) is 0. The first kappa shape index (κ1) is 11.7. The predicted octanol–water partition coefficient (Wildman–Crippen LogP) is 1.50. The summed E-state index contributed by atoms with van der Waals surface area (Å²) in [6, 6.07) is 7.24. The van der Waals surface area contributed by atoms with E-state index in [2.05, 4.69) is 5.32 Å². The summed E-state index contributed by atoms with van der Waals surface area (Å²) >= 11 is 0. The molecule has 1 amide bonds. The van der Waals surface area contributed by atoms with Gasteiger partial charge in [-0.25, -0.2) is 0 Å². The molecule has 15 heavy (non-hydrogen) atoms. The van der Waals surface area contributed by atoms with E-state index in [9.17, 15) is 4.79 Å². The second-order valence-corrected chi connectivity index (χ2v) is 3.63. The number of amides is 1. The number of hydrogen-bond donors (Lipinski definition) is 2. The van der Waals surface area contributed by atoms with Gasteiger partial charge in [0.15, 0.2) is 0 Å². The number of aryl methyl sites for hydroxylation is 1. The zero-order valence-corrected chi connectivity index (χ0v) is 9.16. The molecule has 82 valence electrons. The Morgan fingerprint density at radius 1 is 1.53 bits per heavy atom. The van der Waals surface area contributed by atoms with Crippen molar-refractivity contribution in [2.45, 2.75) is 26.3 Å². The van der Waals surface area contributed by atoms with Crippen molar-refractivity contribution in [1.29, 1.82) is 0 Å². The summed E-state index contributed by atoms with van der Waals surface area (Å²) < 4.78 is 0. The van der Waals surface area contributed by atoms with Gasteiger partial charge in [0.2, 0.25) is 0 Å². The number of aliphatic hydroxyl groups is 1. The Balaban J connectivity index is 2.68. The van der Waals surface area contributed by atoms with Gasteiger partial charge in [-0.15, -0.1) is 0 Å². The molecule has 0 bridgehead atoms. The molecule has 3 heteroatoms. The van der Waals surface area contributed by atoms with Crippen molar-refractivity contribution in [2.24, 2.45) is 0 Å². The lowest BCUT2D eigenvalue weighted by Gasteiger charge is -2.13. The van der Waals surface area contributed by atoms with Gasteiger partial charge in [-0.2, -0.15) is 0 Å². The Bertz CT molecular complexity index is 332. The largest absolute Gasteiger partial charge is 0.394 e. The van der Waals surface area contributed by atoms with Gasteiger partial charge < -0.3 is 10.4 Å². The lowest BCUT2D eigenvalue weighted by Crippen LogP contribution is -2.36. The quantitative estimate of drug-likeness (QED) is 0.786. The van der Waals surface area contributed by atoms with Crippen LogP contribution >= 0.6 is 0 Å². The van der Waals surface area contributed by atoms with Crippen LogP contribution in [0.15, 0.2) is 24.3 Å². The summed E-state index contributed by atoms with van der Waals surface area (Å²) in [5.41, 5.74) is 1.70. The van der Waals surface area contributed by atoms with Crippen LogP contribution < -0.4 is 5.32 Å². The Morgan fingerprint density at radius 3 is 2.80 bits per heavy atom. The molecular formula is C12H17NO2. The van der Waals surface area contributed by atoms with E-state index in [1.807, 2.05) is 32.0 Å². The lowest BCUT2D eigenvalue weighted by molar-refractivity contribution is 0.0915. The average Bonchev–Trinajstić information content (AvgIpc) is 2.25. The minimum atomic E-state index is -0.155. The molecule has 0 fully saturated rings. The molecule has 0 spiro atoms. The van der Waals surface area contributed by atoms with E-state index in [4.69, 9.17) is 5.11 Å². The minimum absolute atomic E-state index is 0.0198. The van der Waals surface area contributed by atoms with Crippen LogP contribution in [-0.4, -0.2) is 23.7 Å². The van der Waals surface area contributed by atoms with Gasteiger partial charge in [-0.05, 0) is 25.5 Å².